The third kappa shape index (κ3) is 7.36. The number of halogens is 1. The molecule has 1 aromatic carbocycles. The molecule has 3 N–H and O–H groups in total. The Morgan fingerprint density at radius 3 is 2.53 bits per heavy atom. The van der Waals surface area contributed by atoms with Crippen molar-refractivity contribution in [3.63, 3.8) is 0 Å². The lowest BCUT2D eigenvalue weighted by Crippen LogP contribution is -2.58. The summed E-state index contributed by atoms with van der Waals surface area (Å²) in [4.78, 5) is 63.7. The number of rotatable bonds is 6. The number of nitrogens with one attached hydrogen (secondary N) is 3. The summed E-state index contributed by atoms with van der Waals surface area (Å²) in [5.41, 5.74) is -0.921. The summed E-state index contributed by atoms with van der Waals surface area (Å²) >= 11 is 0. The molecule has 318 valence electrons. The zero-order valence-electron chi connectivity index (χ0n) is 34.2. The third-order valence-electron chi connectivity index (χ3n) is 14.5. The molecule has 9 rings (SSSR count). The van der Waals surface area contributed by atoms with E-state index in [4.69, 9.17) is 14.5 Å². The first-order valence-corrected chi connectivity index (χ1v) is 23.2. The van der Waals surface area contributed by atoms with Gasteiger partial charge in [0.25, 0.3) is 5.91 Å². The van der Waals surface area contributed by atoms with E-state index in [1.807, 2.05) is 18.2 Å². The molecule has 2 aromatic rings. The second-order valence-corrected chi connectivity index (χ2v) is 21.6. The minimum absolute atomic E-state index is 0.0206. The lowest BCUT2D eigenvalue weighted by molar-refractivity contribution is -0.141. The Labute approximate surface area is 345 Å². The number of carbonyl (C=O) groups excluding carboxylic acids is 4. The van der Waals surface area contributed by atoms with Gasteiger partial charge in [0.1, 0.15) is 46.4 Å². The molecule has 1 saturated heterocycles. The van der Waals surface area contributed by atoms with Crippen molar-refractivity contribution >= 4 is 44.7 Å². The Kier molecular flexibility index (Phi) is 9.82. The van der Waals surface area contributed by atoms with Crippen LogP contribution in [-0.4, -0.2) is 82.7 Å². The highest BCUT2D eigenvalue weighted by molar-refractivity contribution is 7.91. The highest BCUT2D eigenvalue weighted by Crippen LogP contribution is 2.52. The maximum atomic E-state index is 15.1. The number of carbonyl (C=O) groups is 4. The normalized spacial score (nSPS) is 33.0. The Morgan fingerprint density at radius 2 is 1.80 bits per heavy atom. The molecule has 0 radical (unpaired) electrons. The lowest BCUT2D eigenvalue weighted by atomic mass is 9.86. The van der Waals surface area contributed by atoms with E-state index < -0.39 is 73.5 Å². The Bertz CT molecular complexity index is 2240. The number of ether oxygens (including phenoxy) is 2. The lowest BCUT2D eigenvalue weighted by Gasteiger charge is -2.37. The molecule has 0 bridgehead atoms. The minimum Gasteiger partial charge on any atom is -0.483 e. The summed E-state index contributed by atoms with van der Waals surface area (Å²) in [5, 5.41) is 6.53. The van der Waals surface area contributed by atoms with Crippen LogP contribution in [0.1, 0.15) is 134 Å². The first kappa shape index (κ1) is 40.2. The molecule has 4 amide bonds. The van der Waals surface area contributed by atoms with E-state index in [1.165, 1.54) is 11.0 Å². The van der Waals surface area contributed by atoms with Gasteiger partial charge in [-0.3, -0.25) is 19.1 Å². The fraction of sp³-hybridized carbons (Fsp3) is 0.659. The zero-order valence-corrected chi connectivity index (χ0v) is 35.1. The van der Waals surface area contributed by atoms with Gasteiger partial charge in [0.2, 0.25) is 21.8 Å². The van der Waals surface area contributed by atoms with Gasteiger partial charge in [-0.2, -0.15) is 0 Å². The fourth-order valence-electron chi connectivity index (χ4n) is 10.00. The van der Waals surface area contributed by atoms with E-state index in [0.29, 0.717) is 67.3 Å². The van der Waals surface area contributed by atoms with Crippen molar-refractivity contribution in [2.75, 3.05) is 6.54 Å². The molecule has 7 aliphatic rings. The molecule has 59 heavy (non-hydrogen) atoms. The van der Waals surface area contributed by atoms with Crippen LogP contribution in [0, 0.1) is 17.2 Å². The van der Waals surface area contributed by atoms with E-state index in [0.717, 1.165) is 50.5 Å². The fourth-order valence-corrected chi connectivity index (χ4v) is 11.3. The number of aryl methyl sites for hydroxylation is 1. The summed E-state index contributed by atoms with van der Waals surface area (Å²) in [6, 6.07) is 2.78. The number of allylic oxidation sites excluding steroid dienone is 1. The van der Waals surface area contributed by atoms with Gasteiger partial charge in [-0.25, -0.2) is 22.6 Å². The van der Waals surface area contributed by atoms with E-state index in [9.17, 15) is 27.6 Å². The van der Waals surface area contributed by atoms with Crippen molar-refractivity contribution in [1.82, 2.24) is 25.2 Å². The van der Waals surface area contributed by atoms with Gasteiger partial charge in [-0.05, 0) is 96.5 Å². The molecule has 5 fully saturated rings. The summed E-state index contributed by atoms with van der Waals surface area (Å²) in [7, 11) is -4.01. The molecule has 1 spiro atoms. The SMILES string of the molecule is CC1(C)CCCC1OC(=O)N[C@H]1CCCCC/C=C\[C@@H]2C[C@@]2(C(=O)NS(=O)(=O)C2(C)CC2)NC(=O)[C@@H]2C[C@]3(CCc4c(c(C5CC5)nc5c(F)cccc45)O3)CN2C1=O. The molecule has 13 nitrogen and oxygen atoms in total. The van der Waals surface area contributed by atoms with Crippen molar-refractivity contribution in [3.8, 4) is 5.75 Å². The molecule has 15 heteroatoms. The van der Waals surface area contributed by atoms with Crippen molar-refractivity contribution in [3.05, 3.63) is 47.4 Å². The van der Waals surface area contributed by atoms with Gasteiger partial charge >= 0.3 is 6.09 Å². The maximum Gasteiger partial charge on any atom is 0.408 e. The second kappa shape index (κ2) is 14.4. The van der Waals surface area contributed by atoms with Gasteiger partial charge in [0.15, 0.2) is 0 Å². The molecule has 4 heterocycles. The van der Waals surface area contributed by atoms with Crippen LogP contribution in [0.25, 0.3) is 10.9 Å². The molecule has 1 aromatic heterocycles. The number of benzene rings is 1. The highest BCUT2D eigenvalue weighted by Gasteiger charge is 2.64. The smallest absolute Gasteiger partial charge is 0.408 e. The molecule has 4 saturated carbocycles. The number of pyridine rings is 1. The van der Waals surface area contributed by atoms with Gasteiger partial charge in [-0.1, -0.05) is 51.0 Å². The van der Waals surface area contributed by atoms with Crippen LogP contribution in [-0.2, 0) is 35.6 Å². The first-order valence-electron chi connectivity index (χ1n) is 21.7. The van der Waals surface area contributed by atoms with Gasteiger partial charge < -0.3 is 25.0 Å². The second-order valence-electron chi connectivity index (χ2n) is 19.4. The molecule has 6 atom stereocenters. The van der Waals surface area contributed by atoms with Crippen molar-refractivity contribution in [2.24, 2.45) is 11.3 Å². The van der Waals surface area contributed by atoms with E-state index in [1.54, 1.807) is 13.0 Å². The number of amides is 4. The topological polar surface area (TPSA) is 173 Å². The molecular formula is C44H56FN5O8S. The number of para-hydroxylation sites is 1. The molecular weight excluding hydrogens is 778 g/mol. The quantitative estimate of drug-likeness (QED) is 0.296. The van der Waals surface area contributed by atoms with Crippen molar-refractivity contribution in [1.29, 1.82) is 0 Å². The molecule has 4 aliphatic carbocycles. The average molecular weight is 834 g/mol. The Hall–Kier alpha value is -4.27. The maximum absolute atomic E-state index is 15.1. The molecule has 1 unspecified atom stereocenters. The van der Waals surface area contributed by atoms with E-state index in [2.05, 4.69) is 29.2 Å². The monoisotopic (exact) mass is 833 g/mol. The number of fused-ring (bicyclic) bond motifs is 5. The van der Waals surface area contributed by atoms with Crippen LogP contribution in [0.3, 0.4) is 0 Å². The standard InChI is InChI=1S/C44H56FN5O8S/c1-41(2)19-10-15-33(41)57-40(54)46-31-14-8-6-4-5-7-11-27-23-44(27,39(53)49-59(55,56)42(3)21-22-42)48-37(51)32-24-43(25-50(32)38(31)52)20-18-29-28-12-9-13-30(45)35(28)47-34(26-16-17-26)36(29)58-43/h7,9,11-13,26-27,31-33H,4-6,8,10,14-25H2,1-3H3,(H,46,54)(H,48,51)(H,49,53)/b11-7-/t27-,31+,32+,33?,43-,44-/m1/s1. The summed E-state index contributed by atoms with van der Waals surface area (Å²) in [5.74, 6) is -2.01. The van der Waals surface area contributed by atoms with Gasteiger partial charge in [0.05, 0.1) is 17.0 Å². The van der Waals surface area contributed by atoms with Crippen LogP contribution in [0.5, 0.6) is 5.75 Å². The van der Waals surface area contributed by atoms with Crippen LogP contribution in [0.2, 0.25) is 0 Å². The number of hydrogen-bond donors (Lipinski definition) is 3. The number of sulfonamides is 1. The predicted octanol–water partition coefficient (Wildman–Crippen LogP) is 5.98. The number of hydrogen-bond acceptors (Lipinski definition) is 9. The Balaban J connectivity index is 1.06. The first-order chi connectivity index (χ1) is 28.0. The third-order valence-corrected chi connectivity index (χ3v) is 16.6. The number of nitrogens with zero attached hydrogens (tertiary/aromatic N) is 2. The summed E-state index contributed by atoms with van der Waals surface area (Å²) in [6.07, 6.45) is 12.5. The van der Waals surface area contributed by atoms with Crippen LogP contribution in [0.15, 0.2) is 30.4 Å². The van der Waals surface area contributed by atoms with Gasteiger partial charge in [0, 0.05) is 34.6 Å². The van der Waals surface area contributed by atoms with Gasteiger partial charge in [-0.15, -0.1) is 0 Å². The van der Waals surface area contributed by atoms with Crippen molar-refractivity contribution in [2.45, 2.75) is 163 Å². The Morgan fingerprint density at radius 1 is 1.00 bits per heavy atom. The highest BCUT2D eigenvalue weighted by atomic mass is 32.2. The zero-order chi connectivity index (χ0) is 41.5. The van der Waals surface area contributed by atoms with Crippen LogP contribution >= 0.6 is 0 Å². The minimum atomic E-state index is -4.01. The predicted molar refractivity (Wildman–Crippen MR) is 216 cm³/mol. The number of aromatic nitrogens is 1. The number of alkyl carbamates (subject to hydrolysis) is 1. The van der Waals surface area contributed by atoms with Crippen LogP contribution < -0.4 is 20.1 Å². The van der Waals surface area contributed by atoms with E-state index >= 15 is 4.39 Å². The van der Waals surface area contributed by atoms with E-state index in [-0.39, 0.29) is 36.8 Å². The largest absolute Gasteiger partial charge is 0.483 e. The summed E-state index contributed by atoms with van der Waals surface area (Å²) in [6.45, 7) is 5.76. The van der Waals surface area contributed by atoms with Crippen LogP contribution in [0.4, 0.5) is 9.18 Å². The summed E-state index contributed by atoms with van der Waals surface area (Å²) < 4.78 is 55.9. The average Bonchev–Trinajstić information content (AvgIpc) is 4.14. The molecule has 3 aliphatic heterocycles. The van der Waals surface area contributed by atoms with Crippen molar-refractivity contribution < 1.29 is 41.5 Å².